The molecule has 0 saturated heterocycles. The van der Waals surface area contributed by atoms with Crippen molar-refractivity contribution in [3.05, 3.63) is 35.9 Å². The van der Waals surface area contributed by atoms with Crippen molar-refractivity contribution < 1.29 is 24.7 Å². The Labute approximate surface area is 164 Å². The summed E-state index contributed by atoms with van der Waals surface area (Å²) in [6.45, 7) is 5.00. The third kappa shape index (κ3) is 7.39. The lowest BCUT2D eigenvalue weighted by molar-refractivity contribution is -0.173. The van der Waals surface area contributed by atoms with E-state index < -0.39 is 35.8 Å². The molecule has 4 N–H and O–H groups in total. The summed E-state index contributed by atoms with van der Waals surface area (Å²) in [5.74, 6) is 3.24. The molecule has 152 valence electrons. The van der Waals surface area contributed by atoms with Crippen molar-refractivity contribution in [3.8, 4) is 11.8 Å². The second-order valence-electron chi connectivity index (χ2n) is 7.26. The second-order valence-corrected chi connectivity index (χ2v) is 7.26. The lowest BCUT2D eigenvalue weighted by Gasteiger charge is -2.30. The first kappa shape index (κ1) is 23.1. The SMILES string of the molecule is CNC(=O)C(NC(=O)C[C@H](O)C(=O)N(O)CC#Cc1ccccc1)C(C)(C)C. The fraction of sp³-hybridized carbons (Fsp3) is 0.450. The lowest BCUT2D eigenvalue weighted by Crippen LogP contribution is -2.53. The summed E-state index contributed by atoms with van der Waals surface area (Å²) in [5, 5.41) is 24.9. The second kappa shape index (κ2) is 10.4. The molecule has 0 aromatic heterocycles. The van der Waals surface area contributed by atoms with E-state index in [1.54, 1.807) is 45.0 Å². The molecule has 2 atom stereocenters. The normalized spacial score (nSPS) is 12.8. The highest BCUT2D eigenvalue weighted by Gasteiger charge is 2.33. The van der Waals surface area contributed by atoms with Crippen LogP contribution >= 0.6 is 0 Å². The van der Waals surface area contributed by atoms with Crippen molar-refractivity contribution in [1.29, 1.82) is 0 Å². The van der Waals surface area contributed by atoms with Crippen molar-refractivity contribution >= 4 is 17.7 Å². The number of nitrogens with zero attached hydrogens (tertiary/aromatic N) is 1. The van der Waals surface area contributed by atoms with Gasteiger partial charge in [0.2, 0.25) is 11.8 Å². The van der Waals surface area contributed by atoms with Gasteiger partial charge < -0.3 is 15.7 Å². The maximum Gasteiger partial charge on any atom is 0.276 e. The zero-order chi connectivity index (χ0) is 21.3. The van der Waals surface area contributed by atoms with E-state index in [-0.39, 0.29) is 17.5 Å². The summed E-state index contributed by atoms with van der Waals surface area (Å²) in [6, 6.07) is 8.15. The Morgan fingerprint density at radius 3 is 2.32 bits per heavy atom. The van der Waals surface area contributed by atoms with Gasteiger partial charge in [-0.2, -0.15) is 0 Å². The molecule has 8 heteroatoms. The molecule has 3 amide bonds. The molecule has 0 spiro atoms. The summed E-state index contributed by atoms with van der Waals surface area (Å²) in [4.78, 5) is 36.1. The van der Waals surface area contributed by atoms with Gasteiger partial charge >= 0.3 is 0 Å². The molecule has 0 aliphatic carbocycles. The number of carbonyl (C=O) groups excluding carboxylic acids is 3. The average molecular weight is 389 g/mol. The molecule has 0 heterocycles. The van der Waals surface area contributed by atoms with Crippen molar-refractivity contribution in [2.45, 2.75) is 39.3 Å². The van der Waals surface area contributed by atoms with Crippen molar-refractivity contribution in [2.75, 3.05) is 13.6 Å². The molecule has 1 aromatic carbocycles. The van der Waals surface area contributed by atoms with Crippen LogP contribution in [0.3, 0.4) is 0 Å². The maximum atomic E-state index is 12.1. The van der Waals surface area contributed by atoms with Crippen LogP contribution in [0.15, 0.2) is 30.3 Å². The minimum absolute atomic E-state index is 0.258. The van der Waals surface area contributed by atoms with E-state index in [0.29, 0.717) is 5.56 Å². The van der Waals surface area contributed by atoms with E-state index in [2.05, 4.69) is 22.5 Å². The summed E-state index contributed by atoms with van der Waals surface area (Å²) in [5.41, 5.74) is 0.145. The number of likely N-dealkylation sites (N-methyl/N-ethyl adjacent to an activating group) is 1. The first-order valence-electron chi connectivity index (χ1n) is 8.79. The van der Waals surface area contributed by atoms with E-state index >= 15 is 0 Å². The minimum atomic E-state index is -1.76. The zero-order valence-corrected chi connectivity index (χ0v) is 16.5. The van der Waals surface area contributed by atoms with E-state index in [4.69, 9.17) is 0 Å². The number of aliphatic hydroxyl groups excluding tert-OH is 1. The van der Waals surface area contributed by atoms with E-state index in [9.17, 15) is 24.7 Å². The van der Waals surface area contributed by atoms with E-state index in [1.807, 2.05) is 6.07 Å². The summed E-state index contributed by atoms with van der Waals surface area (Å²) >= 11 is 0. The molecule has 0 aliphatic heterocycles. The number of hydrogen-bond donors (Lipinski definition) is 4. The first-order chi connectivity index (χ1) is 13.1. The molecule has 0 bridgehead atoms. The van der Waals surface area contributed by atoms with Crippen LogP contribution in [0.25, 0.3) is 0 Å². The van der Waals surface area contributed by atoms with Crippen LogP contribution in [0.2, 0.25) is 0 Å². The zero-order valence-electron chi connectivity index (χ0n) is 16.5. The molecule has 0 radical (unpaired) electrons. The Bertz CT molecular complexity index is 747. The van der Waals surface area contributed by atoms with Crippen molar-refractivity contribution in [2.24, 2.45) is 5.41 Å². The van der Waals surface area contributed by atoms with E-state index in [1.165, 1.54) is 7.05 Å². The molecule has 1 aromatic rings. The Balaban J connectivity index is 2.61. The van der Waals surface area contributed by atoms with Gasteiger partial charge in [0.05, 0.1) is 6.42 Å². The van der Waals surface area contributed by atoms with Gasteiger partial charge in [0, 0.05) is 12.6 Å². The number of hydroxylamine groups is 2. The van der Waals surface area contributed by atoms with Crippen molar-refractivity contribution in [3.63, 3.8) is 0 Å². The number of aliphatic hydroxyl groups is 1. The fourth-order valence-corrected chi connectivity index (χ4v) is 2.29. The van der Waals surface area contributed by atoms with Crippen LogP contribution in [-0.2, 0) is 14.4 Å². The molecular formula is C20H27N3O5. The number of benzene rings is 1. The lowest BCUT2D eigenvalue weighted by atomic mass is 9.86. The van der Waals surface area contributed by atoms with Crippen LogP contribution in [0, 0.1) is 17.3 Å². The first-order valence-corrected chi connectivity index (χ1v) is 8.79. The van der Waals surface area contributed by atoms with Crippen LogP contribution in [0.1, 0.15) is 32.8 Å². The summed E-state index contributed by atoms with van der Waals surface area (Å²) in [7, 11) is 1.45. The van der Waals surface area contributed by atoms with Crippen LogP contribution in [-0.4, -0.2) is 58.8 Å². The standard InChI is InChI=1S/C20H27N3O5/c1-20(2,3)17(18(26)21-4)22-16(25)13-15(24)19(27)23(28)12-8-11-14-9-6-5-7-10-14/h5-7,9-10,15,17,24,28H,12-13H2,1-4H3,(H,21,26)(H,22,25)/t15-,17?/m0/s1. The summed E-state index contributed by atoms with van der Waals surface area (Å²) < 4.78 is 0. The number of nitrogens with one attached hydrogen (secondary N) is 2. The minimum Gasteiger partial charge on any atom is -0.383 e. The Hall–Kier alpha value is -2.89. The summed E-state index contributed by atoms with van der Waals surface area (Å²) in [6.07, 6.45) is -2.35. The number of carbonyl (C=O) groups is 3. The molecular weight excluding hydrogens is 362 g/mol. The Morgan fingerprint density at radius 1 is 1.18 bits per heavy atom. The largest absolute Gasteiger partial charge is 0.383 e. The molecule has 0 aliphatic rings. The molecule has 28 heavy (non-hydrogen) atoms. The highest BCUT2D eigenvalue weighted by molar-refractivity contribution is 5.91. The van der Waals surface area contributed by atoms with Gasteiger partial charge in [-0.3, -0.25) is 19.6 Å². The van der Waals surface area contributed by atoms with Crippen molar-refractivity contribution in [1.82, 2.24) is 15.7 Å². The predicted molar refractivity (Wildman–Crippen MR) is 103 cm³/mol. The Kier molecular flexibility index (Phi) is 8.64. The van der Waals surface area contributed by atoms with Gasteiger partial charge in [-0.05, 0) is 17.5 Å². The van der Waals surface area contributed by atoms with E-state index in [0.717, 1.165) is 0 Å². The van der Waals surface area contributed by atoms with Gasteiger partial charge in [-0.1, -0.05) is 50.8 Å². The molecule has 0 fully saturated rings. The van der Waals surface area contributed by atoms with Gasteiger partial charge in [0.1, 0.15) is 18.7 Å². The third-order valence-electron chi connectivity index (χ3n) is 3.83. The molecule has 1 rings (SSSR count). The van der Waals surface area contributed by atoms with Gasteiger partial charge in [-0.25, -0.2) is 5.06 Å². The molecule has 0 saturated carbocycles. The quantitative estimate of drug-likeness (QED) is 0.317. The van der Waals surface area contributed by atoms with Gasteiger partial charge in [0.25, 0.3) is 5.91 Å². The molecule has 1 unspecified atom stereocenters. The number of hydrogen-bond acceptors (Lipinski definition) is 5. The highest BCUT2D eigenvalue weighted by Crippen LogP contribution is 2.19. The predicted octanol–water partition coefficient (Wildman–Crippen LogP) is 0.284. The number of amides is 3. The van der Waals surface area contributed by atoms with Crippen LogP contribution in [0.5, 0.6) is 0 Å². The fourth-order valence-electron chi connectivity index (χ4n) is 2.29. The monoisotopic (exact) mass is 389 g/mol. The van der Waals surface area contributed by atoms with Crippen LogP contribution < -0.4 is 10.6 Å². The van der Waals surface area contributed by atoms with Gasteiger partial charge in [0.15, 0.2) is 0 Å². The topological polar surface area (TPSA) is 119 Å². The average Bonchev–Trinajstić information content (AvgIpc) is 2.64. The van der Waals surface area contributed by atoms with Gasteiger partial charge in [-0.15, -0.1) is 0 Å². The third-order valence-corrected chi connectivity index (χ3v) is 3.83. The van der Waals surface area contributed by atoms with Crippen LogP contribution in [0.4, 0.5) is 0 Å². The smallest absolute Gasteiger partial charge is 0.276 e. The Morgan fingerprint density at radius 2 is 1.79 bits per heavy atom. The number of rotatable bonds is 6. The molecule has 8 nitrogen and oxygen atoms in total. The maximum absolute atomic E-state index is 12.1. The highest BCUT2D eigenvalue weighted by atomic mass is 16.5.